The van der Waals surface area contributed by atoms with Gasteiger partial charge in [0.05, 0.1) is 5.92 Å². The fourth-order valence-corrected chi connectivity index (χ4v) is 2.04. The number of carbonyl (C=O) groups is 3. The van der Waals surface area contributed by atoms with E-state index >= 15 is 0 Å². The molecular weight excluding hydrogens is 227 g/mol. The Morgan fingerprint density at radius 3 is 2.75 bits per heavy atom. The third kappa shape index (κ3) is 3.01. The van der Waals surface area contributed by atoms with Crippen LogP contribution in [0.3, 0.4) is 0 Å². The Morgan fingerprint density at radius 2 is 2.25 bits per heavy atom. The fourth-order valence-electron chi connectivity index (χ4n) is 1.67. The molecule has 6 heteroatoms. The lowest BCUT2D eigenvalue weighted by atomic mass is 10.1. The van der Waals surface area contributed by atoms with E-state index in [1.807, 2.05) is 6.92 Å². The molecule has 2 unspecified atom stereocenters. The molecule has 1 saturated heterocycles. The van der Waals surface area contributed by atoms with Crippen LogP contribution in [0.1, 0.15) is 19.8 Å². The van der Waals surface area contributed by atoms with E-state index in [2.05, 4.69) is 14.6 Å². The largest absolute Gasteiger partial charge is 0.356 e. The van der Waals surface area contributed by atoms with Crippen LogP contribution < -0.4 is 5.32 Å². The number of nitrogens with one attached hydrogen (secondary N) is 1. The molecule has 0 saturated carbocycles. The smallest absolute Gasteiger partial charge is 0.233 e. The van der Waals surface area contributed by atoms with Crippen LogP contribution in [0, 0.1) is 5.92 Å². The molecule has 90 valence electrons. The summed E-state index contributed by atoms with van der Waals surface area (Å²) in [5, 5.41) is 2.63. The number of rotatable bonds is 5. The van der Waals surface area contributed by atoms with Crippen molar-refractivity contribution in [3.63, 3.8) is 0 Å². The summed E-state index contributed by atoms with van der Waals surface area (Å²) in [4.78, 5) is 35.6. The molecule has 0 spiro atoms. The molecule has 0 aromatic rings. The number of likely N-dealkylation sites (tertiary alicyclic amines) is 1. The minimum absolute atomic E-state index is 0.127. The maximum atomic E-state index is 11.7. The molecule has 0 aromatic carbocycles. The standard InChI is InChI=1S/C10H17N2O3P/c1-2-11-8(13)3-4-12-9(14)5-7(6-16)10(12)15/h7H,2-6,16H2,1H3,(H,11,13). The minimum atomic E-state index is -0.216. The first kappa shape index (κ1) is 13.1. The second-order valence-electron chi connectivity index (χ2n) is 3.72. The molecule has 1 rings (SSSR count). The van der Waals surface area contributed by atoms with Crippen LogP contribution in [-0.4, -0.2) is 41.9 Å². The van der Waals surface area contributed by atoms with Crippen molar-refractivity contribution in [2.75, 3.05) is 19.3 Å². The van der Waals surface area contributed by atoms with Crippen molar-refractivity contribution in [3.8, 4) is 0 Å². The number of carbonyl (C=O) groups excluding carboxylic acids is 3. The third-order valence-corrected chi connectivity index (χ3v) is 3.13. The van der Waals surface area contributed by atoms with Crippen molar-refractivity contribution < 1.29 is 14.4 Å². The van der Waals surface area contributed by atoms with Gasteiger partial charge in [0, 0.05) is 25.9 Å². The van der Waals surface area contributed by atoms with Crippen molar-refractivity contribution in [1.82, 2.24) is 10.2 Å². The predicted octanol–water partition coefficient (Wildman–Crippen LogP) is -0.237. The number of hydrogen-bond acceptors (Lipinski definition) is 3. The molecular formula is C10H17N2O3P. The van der Waals surface area contributed by atoms with Crippen LogP contribution in [0.4, 0.5) is 0 Å². The lowest BCUT2D eigenvalue weighted by Crippen LogP contribution is -2.35. The Hall–Kier alpha value is -0.960. The SMILES string of the molecule is CCNC(=O)CCN1C(=O)CC(CP)C1=O. The van der Waals surface area contributed by atoms with E-state index in [0.717, 1.165) is 0 Å². The van der Waals surface area contributed by atoms with Crippen LogP contribution in [0.25, 0.3) is 0 Å². The summed E-state index contributed by atoms with van der Waals surface area (Å²) in [5.41, 5.74) is 0. The van der Waals surface area contributed by atoms with Gasteiger partial charge in [-0.25, -0.2) is 0 Å². The highest BCUT2D eigenvalue weighted by atomic mass is 31.0. The molecule has 1 aliphatic rings. The Balaban J connectivity index is 2.45. The van der Waals surface area contributed by atoms with E-state index < -0.39 is 0 Å². The van der Waals surface area contributed by atoms with E-state index in [1.54, 1.807) is 0 Å². The van der Waals surface area contributed by atoms with Crippen molar-refractivity contribution in [2.45, 2.75) is 19.8 Å². The van der Waals surface area contributed by atoms with Gasteiger partial charge in [-0.05, 0) is 13.1 Å². The lowest BCUT2D eigenvalue weighted by molar-refractivity contribution is -0.139. The maximum absolute atomic E-state index is 11.7. The van der Waals surface area contributed by atoms with Gasteiger partial charge in [0.2, 0.25) is 17.7 Å². The normalized spacial score (nSPS) is 20.4. The molecule has 1 heterocycles. The zero-order valence-electron chi connectivity index (χ0n) is 9.36. The number of hydrogen-bond donors (Lipinski definition) is 1. The molecule has 0 aromatic heterocycles. The van der Waals surface area contributed by atoms with Gasteiger partial charge in [-0.1, -0.05) is 0 Å². The molecule has 0 bridgehead atoms. The number of imide groups is 1. The second-order valence-corrected chi connectivity index (χ2v) is 4.20. The van der Waals surface area contributed by atoms with Gasteiger partial charge in [-0.2, -0.15) is 0 Å². The summed E-state index contributed by atoms with van der Waals surface area (Å²) in [6, 6.07) is 0. The summed E-state index contributed by atoms with van der Waals surface area (Å²) >= 11 is 0. The third-order valence-electron chi connectivity index (χ3n) is 2.56. The first-order chi connectivity index (χ1) is 7.60. The van der Waals surface area contributed by atoms with Crippen LogP contribution in [0.15, 0.2) is 0 Å². The molecule has 3 amide bonds. The average molecular weight is 244 g/mol. The van der Waals surface area contributed by atoms with Gasteiger partial charge in [-0.3, -0.25) is 19.3 Å². The summed E-state index contributed by atoms with van der Waals surface area (Å²) in [5.74, 6) is -0.657. The van der Waals surface area contributed by atoms with E-state index in [-0.39, 0.29) is 43.0 Å². The summed E-state index contributed by atoms with van der Waals surface area (Å²) in [7, 11) is 2.47. The van der Waals surface area contributed by atoms with Crippen molar-refractivity contribution in [2.24, 2.45) is 5.92 Å². The Kier molecular flexibility index (Phi) is 4.87. The second kappa shape index (κ2) is 5.94. The van der Waals surface area contributed by atoms with Crippen LogP contribution in [0.5, 0.6) is 0 Å². The molecule has 0 radical (unpaired) electrons. The Bertz CT molecular complexity index is 306. The summed E-state index contributed by atoms with van der Waals surface area (Å²) in [6.07, 6.45) is 1.06. The van der Waals surface area contributed by atoms with Crippen LogP contribution in [-0.2, 0) is 14.4 Å². The van der Waals surface area contributed by atoms with Gasteiger partial charge in [0.15, 0.2) is 0 Å². The number of nitrogens with zero attached hydrogens (tertiary/aromatic N) is 1. The molecule has 1 aliphatic heterocycles. The quantitative estimate of drug-likeness (QED) is 0.536. The van der Waals surface area contributed by atoms with Gasteiger partial charge in [-0.15, -0.1) is 9.24 Å². The first-order valence-corrected chi connectivity index (χ1v) is 6.22. The fraction of sp³-hybridized carbons (Fsp3) is 0.700. The molecule has 1 fully saturated rings. The highest BCUT2D eigenvalue weighted by Crippen LogP contribution is 2.21. The van der Waals surface area contributed by atoms with Gasteiger partial charge < -0.3 is 5.32 Å². The Labute approximate surface area is 97.1 Å². The summed E-state index contributed by atoms with van der Waals surface area (Å²) in [6.45, 7) is 2.59. The molecule has 16 heavy (non-hydrogen) atoms. The van der Waals surface area contributed by atoms with Crippen molar-refractivity contribution in [1.29, 1.82) is 0 Å². The highest BCUT2D eigenvalue weighted by molar-refractivity contribution is 7.16. The molecule has 0 aliphatic carbocycles. The minimum Gasteiger partial charge on any atom is -0.356 e. The van der Waals surface area contributed by atoms with Gasteiger partial charge in [0.25, 0.3) is 0 Å². The summed E-state index contributed by atoms with van der Waals surface area (Å²) < 4.78 is 0. The first-order valence-electron chi connectivity index (χ1n) is 5.41. The topological polar surface area (TPSA) is 66.5 Å². The number of amides is 3. The molecule has 5 nitrogen and oxygen atoms in total. The Morgan fingerprint density at radius 1 is 1.56 bits per heavy atom. The van der Waals surface area contributed by atoms with Gasteiger partial charge in [0.1, 0.15) is 0 Å². The highest BCUT2D eigenvalue weighted by Gasteiger charge is 2.37. The zero-order valence-corrected chi connectivity index (χ0v) is 10.5. The predicted molar refractivity (Wildman–Crippen MR) is 62.7 cm³/mol. The van der Waals surface area contributed by atoms with Crippen molar-refractivity contribution >= 4 is 27.0 Å². The molecule has 2 atom stereocenters. The maximum Gasteiger partial charge on any atom is 0.233 e. The van der Waals surface area contributed by atoms with E-state index in [4.69, 9.17) is 0 Å². The van der Waals surface area contributed by atoms with E-state index in [1.165, 1.54) is 4.90 Å². The van der Waals surface area contributed by atoms with Crippen LogP contribution >= 0.6 is 9.24 Å². The van der Waals surface area contributed by atoms with E-state index in [0.29, 0.717) is 12.7 Å². The average Bonchev–Trinajstić information content (AvgIpc) is 2.52. The lowest BCUT2D eigenvalue weighted by Gasteiger charge is -2.13. The molecule has 1 N–H and O–H groups in total. The zero-order chi connectivity index (χ0) is 12.1. The monoisotopic (exact) mass is 244 g/mol. The van der Waals surface area contributed by atoms with Gasteiger partial charge >= 0.3 is 0 Å². The van der Waals surface area contributed by atoms with Crippen LogP contribution in [0.2, 0.25) is 0 Å². The van der Waals surface area contributed by atoms with Crippen molar-refractivity contribution in [3.05, 3.63) is 0 Å². The van der Waals surface area contributed by atoms with E-state index in [9.17, 15) is 14.4 Å².